The van der Waals surface area contributed by atoms with Crippen molar-refractivity contribution in [3.63, 3.8) is 0 Å². The summed E-state index contributed by atoms with van der Waals surface area (Å²) in [6, 6.07) is 7.70. The lowest BCUT2D eigenvalue weighted by Crippen LogP contribution is -2.31. The minimum atomic E-state index is -1.20. The van der Waals surface area contributed by atoms with Crippen LogP contribution in [-0.2, 0) is 11.2 Å². The summed E-state index contributed by atoms with van der Waals surface area (Å²) in [6.07, 6.45) is 0.123. The van der Waals surface area contributed by atoms with Crippen LogP contribution < -0.4 is 0 Å². The molecule has 0 aliphatic rings. The number of aliphatic carboxylic acids is 1. The van der Waals surface area contributed by atoms with Crippen LogP contribution >= 0.6 is 16.1 Å². The van der Waals surface area contributed by atoms with Gasteiger partial charge in [0.2, 0.25) is 0 Å². The minimum absolute atomic E-state index is 0.0301. The van der Waals surface area contributed by atoms with Gasteiger partial charge >= 0.3 is 5.97 Å². The smallest absolute Gasteiger partial charge is 0.325 e. The van der Waals surface area contributed by atoms with Crippen LogP contribution in [0.25, 0.3) is 0 Å². The second kappa shape index (κ2) is 5.07. The van der Waals surface area contributed by atoms with Crippen LogP contribution in [0.2, 0.25) is 0 Å². The highest BCUT2D eigenvalue weighted by Gasteiger charge is 2.24. The molecule has 0 aliphatic heterocycles. The maximum Gasteiger partial charge on any atom is 0.325 e. The first-order valence-electron chi connectivity index (χ1n) is 3.99. The van der Waals surface area contributed by atoms with Crippen molar-refractivity contribution in [1.29, 1.82) is 0 Å². The molecule has 1 rings (SSSR count). The molecule has 1 atom stereocenters. The standard InChI is InChI=1S/C9H9BrFNO2/c10-12(11)8(9(13)14)6-7-4-2-1-3-5-7/h1-5,8H,6H2,(H,13,14)/t8-/m0/s1. The van der Waals surface area contributed by atoms with Gasteiger partial charge in [0.15, 0.2) is 6.04 Å². The Balaban J connectivity index is 2.70. The van der Waals surface area contributed by atoms with Gasteiger partial charge in [-0.05, 0) is 5.56 Å². The number of hydrogen-bond donors (Lipinski definition) is 1. The van der Waals surface area contributed by atoms with E-state index in [0.717, 1.165) is 5.56 Å². The fourth-order valence-corrected chi connectivity index (χ4v) is 1.40. The van der Waals surface area contributed by atoms with Crippen molar-refractivity contribution in [3.8, 4) is 0 Å². The van der Waals surface area contributed by atoms with E-state index in [4.69, 9.17) is 5.11 Å². The highest BCUT2D eigenvalue weighted by Crippen LogP contribution is 2.13. The Morgan fingerprint density at radius 1 is 1.50 bits per heavy atom. The quantitative estimate of drug-likeness (QED) is 0.845. The van der Waals surface area contributed by atoms with E-state index in [0.29, 0.717) is 0 Å². The van der Waals surface area contributed by atoms with Gasteiger partial charge in [-0.3, -0.25) is 4.79 Å². The zero-order chi connectivity index (χ0) is 10.6. The Hall–Kier alpha value is -0.940. The summed E-state index contributed by atoms with van der Waals surface area (Å²) >= 11 is 2.48. The second-order valence-electron chi connectivity index (χ2n) is 2.80. The number of carbonyl (C=O) groups is 1. The van der Waals surface area contributed by atoms with Crippen molar-refractivity contribution in [2.24, 2.45) is 0 Å². The van der Waals surface area contributed by atoms with E-state index < -0.39 is 12.0 Å². The van der Waals surface area contributed by atoms with E-state index in [1.54, 1.807) is 24.3 Å². The predicted molar refractivity (Wildman–Crippen MR) is 53.4 cm³/mol. The Morgan fingerprint density at radius 2 is 2.07 bits per heavy atom. The summed E-state index contributed by atoms with van der Waals surface area (Å²) in [5, 5.41) is 8.69. The van der Waals surface area contributed by atoms with Crippen molar-refractivity contribution in [3.05, 3.63) is 35.9 Å². The third-order valence-corrected chi connectivity index (χ3v) is 2.29. The molecule has 0 bridgehead atoms. The molecule has 0 spiro atoms. The number of rotatable bonds is 4. The lowest BCUT2D eigenvalue weighted by atomic mass is 10.1. The van der Waals surface area contributed by atoms with E-state index in [2.05, 4.69) is 16.1 Å². The molecule has 0 amide bonds. The average Bonchev–Trinajstić information content (AvgIpc) is 2.15. The third-order valence-electron chi connectivity index (χ3n) is 1.79. The molecule has 0 aromatic heterocycles. The molecule has 1 N–H and O–H groups in total. The van der Waals surface area contributed by atoms with Crippen molar-refractivity contribution in [2.45, 2.75) is 12.5 Å². The number of carboxylic acids is 1. The van der Waals surface area contributed by atoms with Crippen LogP contribution in [0.3, 0.4) is 0 Å². The number of nitrogens with zero attached hydrogens (tertiary/aromatic N) is 1. The molecule has 0 unspecified atom stereocenters. The lowest BCUT2D eigenvalue weighted by molar-refractivity contribution is -0.144. The Labute approximate surface area is 89.4 Å². The van der Waals surface area contributed by atoms with Crippen LogP contribution in [0, 0.1) is 0 Å². The molecule has 0 heterocycles. The number of halogens is 2. The van der Waals surface area contributed by atoms with E-state index in [9.17, 15) is 9.28 Å². The first kappa shape index (κ1) is 11.1. The zero-order valence-corrected chi connectivity index (χ0v) is 8.82. The van der Waals surface area contributed by atoms with Gasteiger partial charge in [0.1, 0.15) is 0 Å². The fraction of sp³-hybridized carbons (Fsp3) is 0.222. The maximum atomic E-state index is 12.7. The molecular weight excluding hydrogens is 253 g/mol. The molecule has 0 aliphatic carbocycles. The van der Waals surface area contributed by atoms with Crippen LogP contribution in [0.5, 0.6) is 0 Å². The van der Waals surface area contributed by atoms with Gasteiger partial charge in [0.25, 0.3) is 0 Å². The molecule has 1 aromatic rings. The molecule has 3 nitrogen and oxygen atoms in total. The molecule has 1 aromatic carbocycles. The maximum absolute atomic E-state index is 12.7. The topological polar surface area (TPSA) is 40.5 Å². The molecule has 5 heteroatoms. The van der Waals surface area contributed by atoms with E-state index in [1.165, 1.54) is 0 Å². The van der Waals surface area contributed by atoms with Crippen molar-refractivity contribution < 1.29 is 14.4 Å². The number of hydrogen-bond acceptors (Lipinski definition) is 2. The molecule has 14 heavy (non-hydrogen) atoms. The van der Waals surface area contributed by atoms with Gasteiger partial charge < -0.3 is 5.11 Å². The van der Waals surface area contributed by atoms with Gasteiger partial charge in [0.05, 0.1) is 0 Å². The summed E-state index contributed by atoms with van der Waals surface area (Å²) in [6.45, 7) is 0. The summed E-state index contributed by atoms with van der Waals surface area (Å²) in [5.74, 6) is -1.20. The van der Waals surface area contributed by atoms with Crippen LogP contribution in [-0.4, -0.2) is 21.3 Å². The van der Waals surface area contributed by atoms with E-state index in [1.807, 2.05) is 6.07 Å². The highest BCUT2D eigenvalue weighted by molar-refractivity contribution is 9.07. The van der Waals surface area contributed by atoms with Gasteiger partial charge in [0, 0.05) is 22.6 Å². The zero-order valence-electron chi connectivity index (χ0n) is 7.23. The molecule has 0 saturated heterocycles. The van der Waals surface area contributed by atoms with Crippen molar-refractivity contribution in [2.75, 3.05) is 0 Å². The van der Waals surface area contributed by atoms with E-state index >= 15 is 0 Å². The monoisotopic (exact) mass is 261 g/mol. The average molecular weight is 262 g/mol. The Morgan fingerprint density at radius 3 is 2.50 bits per heavy atom. The highest BCUT2D eigenvalue weighted by atomic mass is 79.9. The number of benzene rings is 1. The van der Waals surface area contributed by atoms with Gasteiger partial charge in [-0.15, -0.1) is 4.48 Å². The minimum Gasteiger partial charge on any atom is -0.480 e. The van der Waals surface area contributed by atoms with Crippen LogP contribution in [0.1, 0.15) is 5.56 Å². The third kappa shape index (κ3) is 3.08. The largest absolute Gasteiger partial charge is 0.480 e. The summed E-state index contributed by atoms with van der Waals surface area (Å²) in [7, 11) is 0. The van der Waals surface area contributed by atoms with Gasteiger partial charge in [-0.1, -0.05) is 34.5 Å². The van der Waals surface area contributed by atoms with E-state index in [-0.39, 0.29) is 10.6 Å². The SMILES string of the molecule is O=C(O)[C@H](Cc1ccccc1)N(F)Br. The lowest BCUT2D eigenvalue weighted by Gasteiger charge is -2.13. The second-order valence-corrected chi connectivity index (χ2v) is 3.48. The summed E-state index contributed by atoms with van der Waals surface area (Å²) in [4.78, 5) is 10.6. The predicted octanol–water partition coefficient (Wildman–Crippen LogP) is 2.18. The van der Waals surface area contributed by atoms with Crippen molar-refractivity contribution >= 4 is 22.1 Å². The molecule has 0 radical (unpaired) electrons. The number of carboxylic acid groups (broad SMARTS) is 1. The Kier molecular flexibility index (Phi) is 4.03. The molecule has 76 valence electrons. The van der Waals surface area contributed by atoms with Crippen LogP contribution in [0.15, 0.2) is 30.3 Å². The Bertz CT molecular complexity index is 305. The van der Waals surface area contributed by atoms with Gasteiger partial charge in [-0.25, -0.2) is 0 Å². The summed E-state index contributed by atoms with van der Waals surface area (Å²) < 4.78 is 12.7. The van der Waals surface area contributed by atoms with Crippen LogP contribution in [0.4, 0.5) is 4.48 Å². The summed E-state index contributed by atoms with van der Waals surface area (Å²) in [5.41, 5.74) is 0.780. The fourth-order valence-electron chi connectivity index (χ4n) is 1.08. The molecule has 0 fully saturated rings. The first-order valence-corrected chi connectivity index (χ1v) is 4.69. The molecular formula is C9H9BrFNO2. The normalized spacial score (nSPS) is 12.8. The molecule has 0 saturated carbocycles. The first-order chi connectivity index (χ1) is 6.61. The van der Waals surface area contributed by atoms with Gasteiger partial charge in [-0.2, -0.15) is 0 Å². The van der Waals surface area contributed by atoms with Crippen molar-refractivity contribution in [1.82, 2.24) is 4.15 Å².